The molecular formula is C16H17Cl2NO. The van der Waals surface area contributed by atoms with E-state index in [0.29, 0.717) is 23.1 Å². The van der Waals surface area contributed by atoms with Crippen molar-refractivity contribution in [2.45, 2.75) is 19.4 Å². The summed E-state index contributed by atoms with van der Waals surface area (Å²) in [5.41, 5.74) is 8.23. The first-order valence-electron chi connectivity index (χ1n) is 6.53. The van der Waals surface area contributed by atoms with Crippen LogP contribution in [0.2, 0.25) is 10.0 Å². The molecule has 2 rings (SSSR count). The third kappa shape index (κ3) is 3.66. The van der Waals surface area contributed by atoms with Gasteiger partial charge in [0.1, 0.15) is 5.75 Å². The van der Waals surface area contributed by atoms with Crippen molar-refractivity contribution < 1.29 is 4.74 Å². The van der Waals surface area contributed by atoms with E-state index in [1.54, 1.807) is 6.07 Å². The van der Waals surface area contributed by atoms with Gasteiger partial charge in [-0.3, -0.25) is 0 Å². The fourth-order valence-corrected chi connectivity index (χ4v) is 2.46. The molecule has 2 aromatic rings. The van der Waals surface area contributed by atoms with Crippen LogP contribution in [-0.4, -0.2) is 6.61 Å². The van der Waals surface area contributed by atoms with Gasteiger partial charge < -0.3 is 10.5 Å². The monoisotopic (exact) mass is 309 g/mol. The van der Waals surface area contributed by atoms with Crippen LogP contribution in [0.15, 0.2) is 42.5 Å². The standard InChI is InChI=1S/C16H17Cl2NO/c1-2-20-13-7-3-5-11(9-13)15(19)10-12-6-4-8-14(17)16(12)18/h3-9,15H,2,10,19H2,1H3. The first-order valence-corrected chi connectivity index (χ1v) is 7.28. The van der Waals surface area contributed by atoms with Gasteiger partial charge in [0.05, 0.1) is 16.7 Å². The van der Waals surface area contributed by atoms with Crippen molar-refractivity contribution in [1.29, 1.82) is 0 Å². The van der Waals surface area contributed by atoms with Gasteiger partial charge in [-0.1, -0.05) is 47.5 Å². The quantitative estimate of drug-likeness (QED) is 0.873. The number of benzene rings is 2. The molecule has 2 aromatic carbocycles. The van der Waals surface area contributed by atoms with Gasteiger partial charge in [0, 0.05) is 6.04 Å². The molecule has 1 unspecified atom stereocenters. The van der Waals surface area contributed by atoms with Crippen molar-refractivity contribution in [3.05, 3.63) is 63.6 Å². The highest BCUT2D eigenvalue weighted by Crippen LogP contribution is 2.29. The average Bonchev–Trinajstić information content (AvgIpc) is 2.44. The van der Waals surface area contributed by atoms with E-state index in [0.717, 1.165) is 16.9 Å². The zero-order chi connectivity index (χ0) is 14.5. The molecule has 0 amide bonds. The van der Waals surface area contributed by atoms with Crippen LogP contribution < -0.4 is 10.5 Å². The molecule has 0 fully saturated rings. The largest absolute Gasteiger partial charge is 0.494 e. The minimum Gasteiger partial charge on any atom is -0.494 e. The first kappa shape index (κ1) is 15.2. The van der Waals surface area contributed by atoms with Crippen LogP contribution in [0.1, 0.15) is 24.1 Å². The molecule has 0 heterocycles. The lowest BCUT2D eigenvalue weighted by molar-refractivity contribution is 0.339. The van der Waals surface area contributed by atoms with E-state index in [4.69, 9.17) is 33.7 Å². The SMILES string of the molecule is CCOc1cccc(C(N)Cc2cccc(Cl)c2Cl)c1. The van der Waals surface area contributed by atoms with Gasteiger partial charge in [0.15, 0.2) is 0 Å². The summed E-state index contributed by atoms with van der Waals surface area (Å²) in [7, 11) is 0. The second-order valence-electron chi connectivity index (χ2n) is 4.53. The highest BCUT2D eigenvalue weighted by Gasteiger charge is 2.12. The Morgan fingerprint density at radius 1 is 1.15 bits per heavy atom. The van der Waals surface area contributed by atoms with Crippen LogP contribution in [0.25, 0.3) is 0 Å². The Balaban J connectivity index is 2.17. The van der Waals surface area contributed by atoms with Gasteiger partial charge in [-0.25, -0.2) is 0 Å². The minimum absolute atomic E-state index is 0.147. The number of nitrogens with two attached hydrogens (primary N) is 1. The van der Waals surface area contributed by atoms with E-state index >= 15 is 0 Å². The topological polar surface area (TPSA) is 35.2 Å². The Morgan fingerprint density at radius 3 is 2.65 bits per heavy atom. The van der Waals surface area contributed by atoms with E-state index < -0.39 is 0 Å². The van der Waals surface area contributed by atoms with Crippen LogP contribution >= 0.6 is 23.2 Å². The molecule has 1 atom stereocenters. The lowest BCUT2D eigenvalue weighted by atomic mass is 9.99. The van der Waals surface area contributed by atoms with Gasteiger partial charge in [0.2, 0.25) is 0 Å². The fraction of sp³-hybridized carbons (Fsp3) is 0.250. The van der Waals surface area contributed by atoms with Crippen molar-refractivity contribution >= 4 is 23.2 Å². The minimum atomic E-state index is -0.147. The highest BCUT2D eigenvalue weighted by molar-refractivity contribution is 6.42. The Bertz CT molecular complexity index is 586. The van der Waals surface area contributed by atoms with Crippen molar-refractivity contribution in [1.82, 2.24) is 0 Å². The van der Waals surface area contributed by atoms with Gasteiger partial charge in [-0.15, -0.1) is 0 Å². The summed E-state index contributed by atoms with van der Waals surface area (Å²) in [6.07, 6.45) is 0.634. The summed E-state index contributed by atoms with van der Waals surface area (Å²) in [5, 5.41) is 1.13. The molecule has 0 bridgehead atoms. The molecule has 20 heavy (non-hydrogen) atoms. The molecule has 106 valence electrons. The third-order valence-electron chi connectivity index (χ3n) is 3.07. The maximum absolute atomic E-state index is 6.25. The molecule has 0 saturated carbocycles. The third-order valence-corrected chi connectivity index (χ3v) is 3.93. The molecule has 0 radical (unpaired) electrons. The van der Waals surface area contributed by atoms with Crippen LogP contribution in [-0.2, 0) is 6.42 Å². The zero-order valence-electron chi connectivity index (χ0n) is 11.3. The maximum Gasteiger partial charge on any atom is 0.119 e. The first-order chi connectivity index (χ1) is 9.61. The van der Waals surface area contributed by atoms with Gasteiger partial charge in [-0.05, 0) is 42.7 Å². The predicted molar refractivity (Wildman–Crippen MR) is 84.7 cm³/mol. The number of hydrogen-bond donors (Lipinski definition) is 1. The Kier molecular flexibility index (Phi) is 5.30. The molecule has 0 aliphatic heterocycles. The maximum atomic E-state index is 6.25. The summed E-state index contributed by atoms with van der Waals surface area (Å²) < 4.78 is 5.49. The van der Waals surface area contributed by atoms with E-state index in [2.05, 4.69) is 0 Å². The second kappa shape index (κ2) is 6.98. The fourth-order valence-electron chi connectivity index (χ4n) is 2.06. The van der Waals surface area contributed by atoms with Crippen molar-refractivity contribution in [3.8, 4) is 5.75 Å². The average molecular weight is 310 g/mol. The van der Waals surface area contributed by atoms with Crippen LogP contribution in [0, 0.1) is 0 Å². The Labute approximate surface area is 129 Å². The number of ether oxygens (including phenoxy) is 1. The number of rotatable bonds is 5. The molecule has 2 N–H and O–H groups in total. The molecular weight excluding hydrogens is 293 g/mol. The van der Waals surface area contributed by atoms with E-state index in [9.17, 15) is 0 Å². The van der Waals surface area contributed by atoms with Crippen molar-refractivity contribution in [3.63, 3.8) is 0 Å². The summed E-state index contributed by atoms with van der Waals surface area (Å²) in [6.45, 7) is 2.59. The van der Waals surface area contributed by atoms with Crippen molar-refractivity contribution in [2.75, 3.05) is 6.61 Å². The molecule has 0 saturated heterocycles. The Hall–Kier alpha value is -1.22. The summed E-state index contributed by atoms with van der Waals surface area (Å²) in [4.78, 5) is 0. The molecule has 2 nitrogen and oxygen atoms in total. The van der Waals surface area contributed by atoms with E-state index in [-0.39, 0.29) is 6.04 Å². The van der Waals surface area contributed by atoms with Crippen molar-refractivity contribution in [2.24, 2.45) is 5.73 Å². The number of hydrogen-bond acceptors (Lipinski definition) is 2. The van der Waals surface area contributed by atoms with Gasteiger partial charge in [-0.2, -0.15) is 0 Å². The molecule has 0 aliphatic rings. The zero-order valence-corrected chi connectivity index (χ0v) is 12.8. The van der Waals surface area contributed by atoms with Crippen LogP contribution in [0.5, 0.6) is 5.75 Å². The second-order valence-corrected chi connectivity index (χ2v) is 5.31. The smallest absolute Gasteiger partial charge is 0.119 e. The summed E-state index contributed by atoms with van der Waals surface area (Å²) in [5.74, 6) is 0.831. The molecule has 4 heteroatoms. The lowest BCUT2D eigenvalue weighted by Crippen LogP contribution is -2.13. The normalized spacial score (nSPS) is 12.2. The summed E-state index contributed by atoms with van der Waals surface area (Å²) in [6, 6.07) is 13.3. The van der Waals surface area contributed by atoms with Crippen LogP contribution in [0.4, 0.5) is 0 Å². The van der Waals surface area contributed by atoms with E-state index in [1.165, 1.54) is 0 Å². The van der Waals surface area contributed by atoms with Gasteiger partial charge >= 0.3 is 0 Å². The molecule has 0 aromatic heterocycles. The van der Waals surface area contributed by atoms with Gasteiger partial charge in [0.25, 0.3) is 0 Å². The molecule has 0 aliphatic carbocycles. The summed E-state index contributed by atoms with van der Waals surface area (Å²) >= 11 is 12.2. The lowest BCUT2D eigenvalue weighted by Gasteiger charge is -2.15. The predicted octanol–water partition coefficient (Wildman–Crippen LogP) is 4.63. The Morgan fingerprint density at radius 2 is 1.90 bits per heavy atom. The number of halogens is 2. The van der Waals surface area contributed by atoms with Crippen LogP contribution in [0.3, 0.4) is 0 Å². The van der Waals surface area contributed by atoms with E-state index in [1.807, 2.05) is 43.3 Å². The highest BCUT2D eigenvalue weighted by atomic mass is 35.5. The molecule has 0 spiro atoms.